The highest BCUT2D eigenvalue weighted by atomic mass is 19.1. The molecule has 1 aromatic heterocycles. The highest BCUT2D eigenvalue weighted by Gasteiger charge is 2.28. The Morgan fingerprint density at radius 3 is 2.77 bits per heavy atom. The van der Waals surface area contributed by atoms with E-state index in [2.05, 4.69) is 15.7 Å². The van der Waals surface area contributed by atoms with Crippen LogP contribution in [0.1, 0.15) is 12.1 Å². The lowest BCUT2D eigenvalue weighted by Crippen LogP contribution is -2.25. The van der Waals surface area contributed by atoms with Gasteiger partial charge in [-0.25, -0.2) is 9.07 Å². The molecule has 0 aliphatic carbocycles. The van der Waals surface area contributed by atoms with E-state index in [1.165, 1.54) is 16.8 Å². The summed E-state index contributed by atoms with van der Waals surface area (Å²) in [7, 11) is 0. The summed E-state index contributed by atoms with van der Waals surface area (Å²) < 4.78 is 14.6. The highest BCUT2D eigenvalue weighted by Crippen LogP contribution is 2.19. The van der Waals surface area contributed by atoms with Gasteiger partial charge in [-0.05, 0) is 31.2 Å². The lowest BCUT2D eigenvalue weighted by atomic mass is 10.1. The van der Waals surface area contributed by atoms with E-state index >= 15 is 0 Å². The van der Waals surface area contributed by atoms with Crippen LogP contribution in [0.3, 0.4) is 0 Å². The van der Waals surface area contributed by atoms with E-state index in [9.17, 15) is 14.0 Å². The standard InChI is InChI=1S/C15H15FN4O2/c1-9-6-13(18-15(22)10-7-14(21)17-8-10)20(19-9)12-4-2-11(16)3-5-12/h2-6,10H,7-8H2,1H3,(H,17,21)(H,18,22). The van der Waals surface area contributed by atoms with Crippen LogP contribution in [0, 0.1) is 18.7 Å². The summed E-state index contributed by atoms with van der Waals surface area (Å²) >= 11 is 0. The van der Waals surface area contributed by atoms with Crippen molar-refractivity contribution in [2.24, 2.45) is 5.92 Å². The van der Waals surface area contributed by atoms with E-state index in [4.69, 9.17) is 0 Å². The number of aryl methyl sites for hydroxylation is 1. The first kappa shape index (κ1) is 14.2. The summed E-state index contributed by atoms with van der Waals surface area (Å²) in [5.41, 5.74) is 1.37. The molecule has 1 fully saturated rings. The molecule has 0 radical (unpaired) electrons. The molecule has 1 aliphatic heterocycles. The van der Waals surface area contributed by atoms with Gasteiger partial charge >= 0.3 is 0 Å². The quantitative estimate of drug-likeness (QED) is 0.899. The zero-order valence-corrected chi connectivity index (χ0v) is 12.0. The predicted octanol–water partition coefficient (Wildman–Crippen LogP) is 1.39. The van der Waals surface area contributed by atoms with Crippen molar-refractivity contribution < 1.29 is 14.0 Å². The molecule has 2 aromatic rings. The molecule has 6 nitrogen and oxygen atoms in total. The van der Waals surface area contributed by atoms with Crippen LogP contribution in [0.5, 0.6) is 0 Å². The zero-order valence-electron chi connectivity index (χ0n) is 12.0. The first-order chi connectivity index (χ1) is 10.5. The Balaban J connectivity index is 1.83. The molecule has 2 heterocycles. The smallest absolute Gasteiger partial charge is 0.230 e. The molecule has 0 bridgehead atoms. The average Bonchev–Trinajstić information content (AvgIpc) is 3.06. The number of rotatable bonds is 3. The van der Waals surface area contributed by atoms with Crippen LogP contribution in [0.4, 0.5) is 10.2 Å². The molecular weight excluding hydrogens is 287 g/mol. The number of hydrogen-bond acceptors (Lipinski definition) is 3. The van der Waals surface area contributed by atoms with Gasteiger partial charge in [-0.1, -0.05) is 0 Å². The number of amides is 2. The molecule has 3 rings (SSSR count). The Kier molecular flexibility index (Phi) is 3.62. The van der Waals surface area contributed by atoms with Gasteiger partial charge in [-0.3, -0.25) is 9.59 Å². The van der Waals surface area contributed by atoms with Gasteiger partial charge in [-0.15, -0.1) is 0 Å². The van der Waals surface area contributed by atoms with Crippen LogP contribution in [-0.2, 0) is 9.59 Å². The van der Waals surface area contributed by atoms with E-state index in [0.717, 1.165) is 5.69 Å². The largest absolute Gasteiger partial charge is 0.355 e. The van der Waals surface area contributed by atoms with Crippen LogP contribution < -0.4 is 10.6 Å². The summed E-state index contributed by atoms with van der Waals surface area (Å²) in [4.78, 5) is 23.4. The minimum Gasteiger partial charge on any atom is -0.355 e. The fraction of sp³-hybridized carbons (Fsp3) is 0.267. The normalized spacial score (nSPS) is 17.4. The zero-order chi connectivity index (χ0) is 15.7. The molecule has 1 atom stereocenters. The second kappa shape index (κ2) is 5.59. The van der Waals surface area contributed by atoms with Crippen molar-refractivity contribution in [3.8, 4) is 5.69 Å². The molecule has 7 heteroatoms. The van der Waals surface area contributed by atoms with Crippen LogP contribution in [-0.4, -0.2) is 28.1 Å². The van der Waals surface area contributed by atoms with Gasteiger partial charge in [0, 0.05) is 19.0 Å². The van der Waals surface area contributed by atoms with Crippen molar-refractivity contribution in [2.75, 3.05) is 11.9 Å². The number of halogens is 1. The third-order valence-electron chi connectivity index (χ3n) is 3.50. The highest BCUT2D eigenvalue weighted by molar-refractivity contribution is 5.96. The third kappa shape index (κ3) is 2.83. The van der Waals surface area contributed by atoms with Gasteiger partial charge in [0.1, 0.15) is 11.6 Å². The van der Waals surface area contributed by atoms with Gasteiger partial charge in [0.25, 0.3) is 0 Å². The minimum absolute atomic E-state index is 0.122. The average molecular weight is 302 g/mol. The summed E-state index contributed by atoms with van der Waals surface area (Å²) in [5, 5.41) is 9.71. The topological polar surface area (TPSA) is 76.0 Å². The van der Waals surface area contributed by atoms with Crippen LogP contribution in [0.15, 0.2) is 30.3 Å². The Morgan fingerprint density at radius 2 is 2.14 bits per heavy atom. The molecule has 1 aromatic carbocycles. The van der Waals surface area contributed by atoms with E-state index < -0.39 is 0 Å². The molecule has 1 unspecified atom stereocenters. The van der Waals surface area contributed by atoms with Gasteiger partial charge < -0.3 is 10.6 Å². The molecule has 0 spiro atoms. The van der Waals surface area contributed by atoms with Crippen molar-refractivity contribution in [1.29, 1.82) is 0 Å². The Hall–Kier alpha value is -2.70. The first-order valence-corrected chi connectivity index (χ1v) is 6.93. The molecule has 22 heavy (non-hydrogen) atoms. The molecule has 1 aliphatic rings. The van der Waals surface area contributed by atoms with Crippen molar-refractivity contribution in [1.82, 2.24) is 15.1 Å². The van der Waals surface area contributed by atoms with Crippen LogP contribution in [0.25, 0.3) is 5.69 Å². The summed E-state index contributed by atoms with van der Waals surface area (Å²) in [5.74, 6) is -0.587. The maximum absolute atomic E-state index is 13.0. The number of carbonyl (C=O) groups is 2. The Bertz CT molecular complexity index is 724. The molecular formula is C15H15FN4O2. The molecule has 2 amide bonds. The van der Waals surface area contributed by atoms with E-state index in [1.807, 2.05) is 0 Å². The Morgan fingerprint density at radius 1 is 1.41 bits per heavy atom. The minimum atomic E-state index is -0.385. The maximum Gasteiger partial charge on any atom is 0.230 e. The summed E-state index contributed by atoms with van der Waals surface area (Å²) in [6, 6.07) is 7.55. The third-order valence-corrected chi connectivity index (χ3v) is 3.50. The predicted molar refractivity (Wildman–Crippen MR) is 78.0 cm³/mol. The van der Waals surface area contributed by atoms with Gasteiger partial charge in [0.05, 0.1) is 17.3 Å². The number of nitrogens with one attached hydrogen (secondary N) is 2. The maximum atomic E-state index is 13.0. The van der Waals surface area contributed by atoms with Crippen molar-refractivity contribution >= 4 is 17.6 Å². The molecule has 1 saturated heterocycles. The van der Waals surface area contributed by atoms with Crippen molar-refractivity contribution in [3.63, 3.8) is 0 Å². The van der Waals surface area contributed by atoms with E-state index in [0.29, 0.717) is 18.1 Å². The number of benzene rings is 1. The van der Waals surface area contributed by atoms with E-state index in [1.54, 1.807) is 25.1 Å². The summed E-state index contributed by atoms with van der Waals surface area (Å²) in [6.07, 6.45) is 0.190. The van der Waals surface area contributed by atoms with Gasteiger partial charge in [-0.2, -0.15) is 5.10 Å². The molecule has 2 N–H and O–H groups in total. The van der Waals surface area contributed by atoms with E-state index in [-0.39, 0.29) is 30.0 Å². The number of anilines is 1. The lowest BCUT2D eigenvalue weighted by Gasteiger charge is -2.11. The van der Waals surface area contributed by atoms with Crippen molar-refractivity contribution in [3.05, 3.63) is 41.8 Å². The second-order valence-electron chi connectivity index (χ2n) is 5.25. The van der Waals surface area contributed by atoms with Crippen LogP contribution in [0.2, 0.25) is 0 Å². The first-order valence-electron chi connectivity index (χ1n) is 6.93. The SMILES string of the molecule is Cc1cc(NC(=O)C2CNC(=O)C2)n(-c2ccc(F)cc2)n1. The Labute approximate surface area is 126 Å². The number of hydrogen-bond donors (Lipinski definition) is 2. The second-order valence-corrected chi connectivity index (χ2v) is 5.25. The number of carbonyl (C=O) groups excluding carboxylic acids is 2. The fourth-order valence-corrected chi connectivity index (χ4v) is 2.39. The van der Waals surface area contributed by atoms with Crippen molar-refractivity contribution in [2.45, 2.75) is 13.3 Å². The van der Waals surface area contributed by atoms with Gasteiger partial charge in [0.2, 0.25) is 11.8 Å². The van der Waals surface area contributed by atoms with Gasteiger partial charge in [0.15, 0.2) is 0 Å². The van der Waals surface area contributed by atoms with Crippen LogP contribution >= 0.6 is 0 Å². The monoisotopic (exact) mass is 302 g/mol. The molecule has 114 valence electrons. The fourth-order valence-electron chi connectivity index (χ4n) is 2.39. The number of nitrogens with zero attached hydrogens (tertiary/aromatic N) is 2. The summed E-state index contributed by atoms with van der Waals surface area (Å²) in [6.45, 7) is 2.14. The lowest BCUT2D eigenvalue weighted by molar-refractivity contribution is -0.123. The molecule has 0 saturated carbocycles. The number of aromatic nitrogens is 2.